The molecule has 1 aliphatic carbocycles. The van der Waals surface area contributed by atoms with Crippen molar-refractivity contribution in [3.63, 3.8) is 0 Å². The zero-order valence-corrected chi connectivity index (χ0v) is 24.3. The maximum absolute atomic E-state index is 13.9. The van der Waals surface area contributed by atoms with Gasteiger partial charge in [0.2, 0.25) is 0 Å². The quantitative estimate of drug-likeness (QED) is 0.202. The first-order chi connectivity index (χ1) is 20.2. The standard InChI is InChI=1S/C32H30ClFN8/c1-31(2,3)19-38-28-21(16-35)17-37-30-24(28)14-23(15-25(30)33)39-29(20-7-9-22(34)10-8-20)26-18-42(41-40-26)32(11-12-32)27-6-4-5-13-36-27/h4-10,13-15,17-18,29,39H,11-12,19H2,1-3H3,(H,37,38)/t29-/m0/s1. The van der Waals surface area contributed by atoms with E-state index < -0.39 is 6.04 Å². The average Bonchev–Trinajstić information content (AvgIpc) is 3.64. The predicted octanol–water partition coefficient (Wildman–Crippen LogP) is 7.08. The van der Waals surface area contributed by atoms with Gasteiger partial charge in [-0.15, -0.1) is 5.10 Å². The van der Waals surface area contributed by atoms with Crippen LogP contribution in [0.25, 0.3) is 10.9 Å². The molecule has 0 aliphatic heterocycles. The molecule has 0 saturated heterocycles. The minimum Gasteiger partial charge on any atom is -0.383 e. The van der Waals surface area contributed by atoms with E-state index in [9.17, 15) is 9.65 Å². The number of anilines is 2. The molecule has 0 unspecified atom stereocenters. The van der Waals surface area contributed by atoms with E-state index in [-0.39, 0.29) is 16.8 Å². The van der Waals surface area contributed by atoms with Crippen molar-refractivity contribution in [2.45, 2.75) is 45.2 Å². The minimum absolute atomic E-state index is 0.0182. The normalized spacial score (nSPS) is 14.8. The van der Waals surface area contributed by atoms with Gasteiger partial charge in [-0.2, -0.15) is 5.26 Å². The molecule has 1 saturated carbocycles. The largest absolute Gasteiger partial charge is 0.383 e. The summed E-state index contributed by atoms with van der Waals surface area (Å²) in [6.07, 6.45) is 7.09. The summed E-state index contributed by atoms with van der Waals surface area (Å²) in [5.74, 6) is -0.327. The third-order valence-corrected chi connectivity index (χ3v) is 7.75. The predicted molar refractivity (Wildman–Crippen MR) is 162 cm³/mol. The number of nitrogens with one attached hydrogen (secondary N) is 2. The number of rotatable bonds is 8. The molecule has 10 heteroatoms. The van der Waals surface area contributed by atoms with Crippen molar-refractivity contribution < 1.29 is 4.39 Å². The molecule has 42 heavy (non-hydrogen) atoms. The number of aromatic nitrogens is 5. The Labute approximate surface area is 248 Å². The van der Waals surface area contributed by atoms with E-state index in [4.69, 9.17) is 11.6 Å². The van der Waals surface area contributed by atoms with E-state index in [1.807, 2.05) is 35.1 Å². The highest BCUT2D eigenvalue weighted by molar-refractivity contribution is 6.35. The van der Waals surface area contributed by atoms with Gasteiger partial charge in [0.25, 0.3) is 0 Å². The summed E-state index contributed by atoms with van der Waals surface area (Å²) in [5, 5.41) is 27.1. The van der Waals surface area contributed by atoms with Crippen LogP contribution in [0.4, 0.5) is 15.8 Å². The van der Waals surface area contributed by atoms with E-state index in [0.29, 0.717) is 39.7 Å². The van der Waals surface area contributed by atoms with Gasteiger partial charge in [-0.3, -0.25) is 9.97 Å². The molecule has 5 aromatic rings. The van der Waals surface area contributed by atoms with Crippen molar-refractivity contribution in [3.8, 4) is 6.07 Å². The van der Waals surface area contributed by atoms with Gasteiger partial charge < -0.3 is 10.6 Å². The van der Waals surface area contributed by atoms with E-state index in [2.05, 4.69) is 57.8 Å². The number of nitrogens with zero attached hydrogens (tertiary/aromatic N) is 6. The van der Waals surface area contributed by atoms with Crippen LogP contribution < -0.4 is 10.6 Å². The summed E-state index contributed by atoms with van der Waals surface area (Å²) in [7, 11) is 0. The maximum atomic E-state index is 13.9. The number of fused-ring (bicyclic) bond motifs is 1. The number of benzene rings is 2. The molecule has 2 aromatic carbocycles. The topological polar surface area (TPSA) is 104 Å². The lowest BCUT2D eigenvalue weighted by Crippen LogP contribution is -2.20. The molecule has 3 aromatic heterocycles. The van der Waals surface area contributed by atoms with Crippen LogP contribution >= 0.6 is 11.6 Å². The van der Waals surface area contributed by atoms with Crippen LogP contribution in [0.5, 0.6) is 0 Å². The van der Waals surface area contributed by atoms with Gasteiger partial charge in [-0.05, 0) is 60.2 Å². The van der Waals surface area contributed by atoms with Crippen LogP contribution in [0.15, 0.2) is 73.2 Å². The molecule has 8 nitrogen and oxygen atoms in total. The Kier molecular flexibility index (Phi) is 7.03. The fourth-order valence-electron chi connectivity index (χ4n) is 5.10. The molecular formula is C32H30ClFN8. The molecule has 212 valence electrons. The van der Waals surface area contributed by atoms with Gasteiger partial charge in [0.15, 0.2) is 0 Å². The summed E-state index contributed by atoms with van der Waals surface area (Å²) in [6.45, 7) is 7.01. The molecular weight excluding hydrogens is 551 g/mol. The third kappa shape index (κ3) is 5.38. The lowest BCUT2D eigenvalue weighted by atomic mass is 9.96. The molecule has 2 N–H and O–H groups in total. The average molecular weight is 581 g/mol. The van der Waals surface area contributed by atoms with E-state index in [1.165, 1.54) is 12.1 Å². The molecule has 1 atom stereocenters. The summed E-state index contributed by atoms with van der Waals surface area (Å²) < 4.78 is 15.8. The Hall–Kier alpha value is -4.55. The minimum atomic E-state index is -0.467. The summed E-state index contributed by atoms with van der Waals surface area (Å²) >= 11 is 6.75. The first kappa shape index (κ1) is 27.6. The van der Waals surface area contributed by atoms with Crippen molar-refractivity contribution in [3.05, 3.63) is 107 Å². The summed E-state index contributed by atoms with van der Waals surface area (Å²) in [5.41, 5.74) is 4.47. The number of halogens is 2. The molecule has 0 bridgehead atoms. The van der Waals surface area contributed by atoms with Crippen LogP contribution in [0, 0.1) is 22.6 Å². The molecule has 6 rings (SSSR count). The van der Waals surface area contributed by atoms with Crippen LogP contribution in [0.1, 0.15) is 62.2 Å². The van der Waals surface area contributed by atoms with Gasteiger partial charge in [-0.1, -0.05) is 55.8 Å². The maximum Gasteiger partial charge on any atom is 0.123 e. The highest BCUT2D eigenvalue weighted by atomic mass is 35.5. The van der Waals surface area contributed by atoms with Crippen LogP contribution in [-0.4, -0.2) is 31.5 Å². The highest BCUT2D eigenvalue weighted by Crippen LogP contribution is 2.48. The summed E-state index contributed by atoms with van der Waals surface area (Å²) in [4.78, 5) is 9.05. The fraction of sp³-hybridized carbons (Fsp3) is 0.281. The molecule has 1 aliphatic rings. The smallest absolute Gasteiger partial charge is 0.123 e. The molecule has 1 fully saturated rings. The van der Waals surface area contributed by atoms with E-state index in [0.717, 1.165) is 29.5 Å². The zero-order chi connectivity index (χ0) is 29.5. The Balaban J connectivity index is 1.41. The summed E-state index contributed by atoms with van der Waals surface area (Å²) in [6, 6.07) is 17.7. The van der Waals surface area contributed by atoms with Gasteiger partial charge in [-0.25, -0.2) is 9.07 Å². The van der Waals surface area contributed by atoms with Gasteiger partial charge >= 0.3 is 0 Å². The van der Waals surface area contributed by atoms with Crippen LogP contribution in [0.2, 0.25) is 5.02 Å². The molecule has 0 radical (unpaired) electrons. The monoisotopic (exact) mass is 580 g/mol. The molecule has 3 heterocycles. The zero-order valence-electron chi connectivity index (χ0n) is 23.6. The van der Waals surface area contributed by atoms with E-state index in [1.54, 1.807) is 30.6 Å². The molecule has 0 amide bonds. The Morgan fingerprint density at radius 2 is 1.90 bits per heavy atom. The third-order valence-electron chi connectivity index (χ3n) is 7.47. The second-order valence-corrected chi connectivity index (χ2v) is 12.3. The lowest BCUT2D eigenvalue weighted by Gasteiger charge is -2.22. The number of hydrogen-bond acceptors (Lipinski definition) is 7. The first-order valence-electron chi connectivity index (χ1n) is 13.8. The second kappa shape index (κ2) is 10.7. The number of hydrogen-bond donors (Lipinski definition) is 2. The fourth-order valence-corrected chi connectivity index (χ4v) is 5.37. The Morgan fingerprint density at radius 3 is 2.57 bits per heavy atom. The number of nitriles is 1. The second-order valence-electron chi connectivity index (χ2n) is 11.9. The lowest BCUT2D eigenvalue weighted by molar-refractivity contribution is 0.443. The molecule has 0 spiro atoms. The first-order valence-corrected chi connectivity index (χ1v) is 14.2. The van der Waals surface area contributed by atoms with Crippen LogP contribution in [0.3, 0.4) is 0 Å². The van der Waals surface area contributed by atoms with Crippen molar-refractivity contribution in [1.82, 2.24) is 25.0 Å². The van der Waals surface area contributed by atoms with Gasteiger partial charge in [0, 0.05) is 30.0 Å². The van der Waals surface area contributed by atoms with Gasteiger partial charge in [0.1, 0.15) is 23.1 Å². The highest BCUT2D eigenvalue weighted by Gasteiger charge is 2.49. The van der Waals surface area contributed by atoms with E-state index >= 15 is 0 Å². The Bertz CT molecular complexity index is 1780. The van der Waals surface area contributed by atoms with Crippen LogP contribution in [-0.2, 0) is 5.54 Å². The van der Waals surface area contributed by atoms with Crippen molar-refractivity contribution in [2.24, 2.45) is 5.41 Å². The van der Waals surface area contributed by atoms with Gasteiger partial charge in [0.05, 0.1) is 39.7 Å². The number of pyridine rings is 2. The van der Waals surface area contributed by atoms with Crippen molar-refractivity contribution in [1.29, 1.82) is 5.26 Å². The Morgan fingerprint density at radius 1 is 1.12 bits per heavy atom. The van der Waals surface area contributed by atoms with Crippen molar-refractivity contribution >= 4 is 33.9 Å². The SMILES string of the molecule is CC(C)(C)CNc1c(C#N)cnc2c(Cl)cc(N[C@@H](c3ccc(F)cc3)c3cn(C4(c5ccccn5)CC4)nn3)cc12. The van der Waals surface area contributed by atoms with Crippen molar-refractivity contribution in [2.75, 3.05) is 17.2 Å².